The van der Waals surface area contributed by atoms with Crippen LogP contribution < -0.4 is 4.72 Å². The second-order valence-electron chi connectivity index (χ2n) is 5.01. The second kappa shape index (κ2) is 7.17. The number of benzene rings is 1. The first-order chi connectivity index (χ1) is 9.63. The van der Waals surface area contributed by atoms with Gasteiger partial charge in [-0.25, -0.2) is 13.1 Å². The van der Waals surface area contributed by atoms with Crippen molar-refractivity contribution in [1.29, 1.82) is 0 Å². The Kier molecular flexibility index (Phi) is 6.09. The van der Waals surface area contributed by atoms with Gasteiger partial charge in [0.25, 0.3) is 5.69 Å². The van der Waals surface area contributed by atoms with E-state index in [9.17, 15) is 23.6 Å². The van der Waals surface area contributed by atoms with E-state index in [0.717, 1.165) is 18.2 Å². The van der Waals surface area contributed by atoms with Gasteiger partial charge in [-0.1, -0.05) is 25.4 Å². The van der Waals surface area contributed by atoms with Gasteiger partial charge in [-0.2, -0.15) is 0 Å². The average Bonchev–Trinajstić information content (AvgIpc) is 2.35. The Balaban J connectivity index is 2.86. The monoisotopic (exact) mass is 336 g/mol. The molecule has 1 atom stereocenters. The van der Waals surface area contributed by atoms with Crippen molar-refractivity contribution in [1.82, 2.24) is 4.72 Å². The molecule has 9 heteroatoms. The number of non-ortho nitro benzene ring substituents is 1. The summed E-state index contributed by atoms with van der Waals surface area (Å²) in [4.78, 5) is 9.66. The number of aliphatic hydroxyl groups is 1. The van der Waals surface area contributed by atoms with Crippen molar-refractivity contribution in [3.63, 3.8) is 0 Å². The molecule has 0 aromatic heterocycles. The molecule has 7 nitrogen and oxygen atoms in total. The Hall–Kier alpha value is -1.22. The molecular formula is C12H17ClN2O5S. The lowest BCUT2D eigenvalue weighted by Gasteiger charge is -2.14. The van der Waals surface area contributed by atoms with Crippen molar-refractivity contribution in [3.8, 4) is 0 Å². The van der Waals surface area contributed by atoms with Gasteiger partial charge in [0.2, 0.25) is 10.0 Å². The van der Waals surface area contributed by atoms with Crippen molar-refractivity contribution < 1.29 is 18.4 Å². The van der Waals surface area contributed by atoms with Crippen LogP contribution in [-0.2, 0) is 10.0 Å². The van der Waals surface area contributed by atoms with E-state index in [1.54, 1.807) is 0 Å². The highest BCUT2D eigenvalue weighted by Crippen LogP contribution is 2.26. The number of sulfonamides is 1. The maximum Gasteiger partial charge on any atom is 0.271 e. The third kappa shape index (κ3) is 5.24. The van der Waals surface area contributed by atoms with Crippen LogP contribution in [0.4, 0.5) is 5.69 Å². The third-order valence-corrected chi connectivity index (χ3v) is 4.57. The summed E-state index contributed by atoms with van der Waals surface area (Å²) in [5.41, 5.74) is -0.293. The maximum atomic E-state index is 12.0. The van der Waals surface area contributed by atoms with Gasteiger partial charge in [-0.3, -0.25) is 10.1 Å². The zero-order valence-corrected chi connectivity index (χ0v) is 13.2. The van der Waals surface area contributed by atoms with Gasteiger partial charge in [-0.05, 0) is 18.4 Å². The molecule has 0 fully saturated rings. The van der Waals surface area contributed by atoms with Gasteiger partial charge >= 0.3 is 0 Å². The summed E-state index contributed by atoms with van der Waals surface area (Å²) in [6.45, 7) is 3.67. The minimum atomic E-state index is -3.93. The molecule has 0 bridgehead atoms. The van der Waals surface area contributed by atoms with Crippen LogP contribution in [0.3, 0.4) is 0 Å². The van der Waals surface area contributed by atoms with E-state index in [1.165, 1.54) is 0 Å². The van der Waals surface area contributed by atoms with Gasteiger partial charge in [0.15, 0.2) is 0 Å². The van der Waals surface area contributed by atoms with Crippen LogP contribution in [0.5, 0.6) is 0 Å². The van der Waals surface area contributed by atoms with Gasteiger partial charge in [0, 0.05) is 18.7 Å². The van der Waals surface area contributed by atoms with E-state index in [1.807, 2.05) is 13.8 Å². The number of aliphatic hydroxyl groups excluding tert-OH is 1. The van der Waals surface area contributed by atoms with Gasteiger partial charge in [0.1, 0.15) is 4.90 Å². The number of rotatable bonds is 7. The fourth-order valence-corrected chi connectivity index (χ4v) is 3.34. The van der Waals surface area contributed by atoms with Gasteiger partial charge in [0.05, 0.1) is 16.0 Å². The highest BCUT2D eigenvalue weighted by atomic mass is 35.5. The van der Waals surface area contributed by atoms with Crippen LogP contribution in [0.1, 0.15) is 20.3 Å². The number of nitrogens with zero attached hydrogens (tertiary/aromatic N) is 1. The molecule has 0 aliphatic rings. The predicted octanol–water partition coefficient (Wildman–Crippen LogP) is 1.93. The Bertz CT molecular complexity index is 618. The predicted molar refractivity (Wildman–Crippen MR) is 78.8 cm³/mol. The Morgan fingerprint density at radius 1 is 1.43 bits per heavy atom. The molecule has 21 heavy (non-hydrogen) atoms. The Labute approximate surface area is 128 Å². The molecule has 0 heterocycles. The normalized spacial score (nSPS) is 13.4. The molecule has 0 radical (unpaired) electrons. The lowest BCUT2D eigenvalue weighted by Crippen LogP contribution is -2.33. The summed E-state index contributed by atoms with van der Waals surface area (Å²) in [5, 5.41) is 20.0. The molecule has 1 rings (SSSR count). The summed E-state index contributed by atoms with van der Waals surface area (Å²) >= 11 is 5.77. The van der Waals surface area contributed by atoms with E-state index in [4.69, 9.17) is 11.6 Å². The van der Waals surface area contributed by atoms with Crippen LogP contribution in [0.15, 0.2) is 23.1 Å². The minimum absolute atomic E-state index is 0.145. The molecule has 1 aromatic rings. The molecule has 118 valence electrons. The number of nitrogens with one attached hydrogen (secondary N) is 1. The van der Waals surface area contributed by atoms with Gasteiger partial charge < -0.3 is 5.11 Å². The lowest BCUT2D eigenvalue weighted by molar-refractivity contribution is -0.384. The summed E-state index contributed by atoms with van der Waals surface area (Å²) in [6.07, 6.45) is -0.354. The first-order valence-corrected chi connectivity index (χ1v) is 8.11. The fourth-order valence-electron chi connectivity index (χ4n) is 1.73. The molecule has 0 aliphatic heterocycles. The van der Waals surface area contributed by atoms with Crippen molar-refractivity contribution >= 4 is 27.3 Å². The standard InChI is InChI=1S/C12H17ClN2O5S/c1-8(2)5-10(16)7-14-21(19,20)12-4-3-9(15(17)18)6-11(12)13/h3-4,6,8,10,14,16H,5,7H2,1-2H3. The number of hydrogen-bond acceptors (Lipinski definition) is 5. The second-order valence-corrected chi connectivity index (χ2v) is 7.15. The van der Waals surface area contributed by atoms with Crippen molar-refractivity contribution in [3.05, 3.63) is 33.3 Å². The van der Waals surface area contributed by atoms with Crippen LogP contribution in [0.25, 0.3) is 0 Å². The Morgan fingerprint density at radius 2 is 2.05 bits per heavy atom. The number of nitro benzene ring substituents is 1. The molecule has 2 N–H and O–H groups in total. The highest BCUT2D eigenvalue weighted by molar-refractivity contribution is 7.89. The van der Waals surface area contributed by atoms with E-state index >= 15 is 0 Å². The van der Waals surface area contributed by atoms with Crippen molar-refractivity contribution in [2.75, 3.05) is 6.54 Å². The minimum Gasteiger partial charge on any atom is -0.392 e. The fraction of sp³-hybridized carbons (Fsp3) is 0.500. The van der Waals surface area contributed by atoms with Crippen LogP contribution in [-0.4, -0.2) is 31.1 Å². The summed E-state index contributed by atoms with van der Waals surface area (Å²) in [6, 6.07) is 3.10. The summed E-state index contributed by atoms with van der Waals surface area (Å²) in [5.74, 6) is 0.229. The SMILES string of the molecule is CC(C)CC(O)CNS(=O)(=O)c1ccc([N+](=O)[O-])cc1Cl. The van der Waals surface area contributed by atoms with Crippen LogP contribution in [0, 0.1) is 16.0 Å². The molecule has 0 saturated carbocycles. The zero-order valence-electron chi connectivity index (χ0n) is 11.6. The molecule has 0 amide bonds. The number of hydrogen-bond donors (Lipinski definition) is 2. The van der Waals surface area contributed by atoms with Crippen LogP contribution in [0.2, 0.25) is 5.02 Å². The zero-order chi connectivity index (χ0) is 16.2. The van der Waals surface area contributed by atoms with E-state index in [0.29, 0.717) is 6.42 Å². The topological polar surface area (TPSA) is 110 Å². The summed E-state index contributed by atoms with van der Waals surface area (Å²) in [7, 11) is -3.93. The van der Waals surface area contributed by atoms with Crippen molar-refractivity contribution in [2.45, 2.75) is 31.3 Å². The largest absolute Gasteiger partial charge is 0.392 e. The van der Waals surface area contributed by atoms with Crippen LogP contribution >= 0.6 is 11.6 Å². The molecule has 1 aromatic carbocycles. The molecule has 1 unspecified atom stereocenters. The highest BCUT2D eigenvalue weighted by Gasteiger charge is 2.21. The summed E-state index contributed by atoms with van der Waals surface area (Å²) < 4.78 is 26.3. The first kappa shape index (κ1) is 17.8. The molecule has 0 aliphatic carbocycles. The number of halogens is 1. The Morgan fingerprint density at radius 3 is 2.52 bits per heavy atom. The maximum absolute atomic E-state index is 12.0. The molecular weight excluding hydrogens is 320 g/mol. The van der Waals surface area contributed by atoms with E-state index in [2.05, 4.69) is 4.72 Å². The quantitative estimate of drug-likeness (QED) is 0.584. The van der Waals surface area contributed by atoms with E-state index in [-0.39, 0.29) is 28.1 Å². The molecule has 0 saturated heterocycles. The van der Waals surface area contributed by atoms with E-state index < -0.39 is 21.1 Å². The average molecular weight is 337 g/mol. The molecule has 0 spiro atoms. The van der Waals surface area contributed by atoms with Crippen molar-refractivity contribution in [2.24, 2.45) is 5.92 Å². The number of nitro groups is 1. The third-order valence-electron chi connectivity index (χ3n) is 2.67. The smallest absolute Gasteiger partial charge is 0.271 e. The first-order valence-electron chi connectivity index (χ1n) is 6.25. The lowest BCUT2D eigenvalue weighted by atomic mass is 10.1. The van der Waals surface area contributed by atoms with Gasteiger partial charge in [-0.15, -0.1) is 0 Å².